The number of benzene rings is 2. The van der Waals surface area contributed by atoms with Gasteiger partial charge in [0, 0.05) is 17.3 Å². The molecule has 5 N–H and O–H groups in total. The Morgan fingerprint density at radius 1 is 1.16 bits per heavy atom. The third-order valence-electron chi connectivity index (χ3n) is 6.12. The first-order valence-electron chi connectivity index (χ1n) is 10.9. The maximum absolute atomic E-state index is 12.6. The van der Waals surface area contributed by atoms with Crippen molar-refractivity contribution < 1.29 is 9.59 Å². The summed E-state index contributed by atoms with van der Waals surface area (Å²) in [5, 5.41) is 7.48. The van der Waals surface area contributed by atoms with Crippen LogP contribution < -0.4 is 16.8 Å². The normalized spacial score (nSPS) is 14.4. The zero-order valence-electron chi connectivity index (χ0n) is 18.7. The van der Waals surface area contributed by atoms with E-state index >= 15 is 0 Å². The maximum atomic E-state index is 12.6. The second kappa shape index (κ2) is 8.15. The van der Waals surface area contributed by atoms with Crippen molar-refractivity contribution in [3.8, 4) is 11.3 Å². The second-order valence-corrected chi connectivity index (χ2v) is 9.07. The molecule has 0 unspecified atom stereocenters. The third kappa shape index (κ3) is 4.23. The molecule has 32 heavy (non-hydrogen) atoms. The van der Waals surface area contributed by atoms with Crippen molar-refractivity contribution in [2.24, 2.45) is 5.73 Å². The van der Waals surface area contributed by atoms with E-state index in [0.717, 1.165) is 16.8 Å². The van der Waals surface area contributed by atoms with E-state index in [1.54, 1.807) is 4.68 Å². The van der Waals surface area contributed by atoms with Crippen LogP contribution in [-0.4, -0.2) is 21.6 Å². The average Bonchev–Trinajstić information content (AvgIpc) is 3.39. The average molecular weight is 432 g/mol. The number of primary amides is 1. The molecule has 0 radical (unpaired) electrons. The molecule has 3 aromatic rings. The van der Waals surface area contributed by atoms with E-state index in [1.165, 1.54) is 18.4 Å². The lowest BCUT2D eigenvalue weighted by Gasteiger charge is -2.12. The standard InChI is InChI=1S/C25H29N5O2/c1-15(2)30-23(26)21(24(27)32)22(29-30)17-9-7-16(8-10-17)13-20(31)28-19-6-4-5-18(14-19)25(3)11-12-25/h4-10,14-15H,11-13,26H2,1-3H3,(H2,27,32)(H,28,31). The molecule has 1 aromatic heterocycles. The lowest BCUT2D eigenvalue weighted by Crippen LogP contribution is -2.15. The number of nitrogen functional groups attached to an aromatic ring is 1. The highest BCUT2D eigenvalue weighted by molar-refractivity contribution is 6.03. The number of rotatable bonds is 7. The number of hydrogen-bond acceptors (Lipinski definition) is 4. The van der Waals surface area contributed by atoms with Crippen molar-refractivity contribution in [2.45, 2.75) is 51.5 Å². The van der Waals surface area contributed by atoms with E-state index in [4.69, 9.17) is 11.5 Å². The monoisotopic (exact) mass is 431 g/mol. The van der Waals surface area contributed by atoms with E-state index in [-0.39, 0.29) is 35.2 Å². The summed E-state index contributed by atoms with van der Waals surface area (Å²) in [5.41, 5.74) is 16.2. The molecule has 4 rings (SSSR count). The summed E-state index contributed by atoms with van der Waals surface area (Å²) in [4.78, 5) is 24.5. The Labute approximate surface area is 187 Å². The van der Waals surface area contributed by atoms with Crippen molar-refractivity contribution >= 4 is 23.3 Å². The van der Waals surface area contributed by atoms with Gasteiger partial charge >= 0.3 is 0 Å². The summed E-state index contributed by atoms with van der Waals surface area (Å²) >= 11 is 0. The number of hydrogen-bond donors (Lipinski definition) is 3. The molecular formula is C25H29N5O2. The minimum absolute atomic E-state index is 0.00850. The molecule has 1 heterocycles. The van der Waals surface area contributed by atoms with Crippen molar-refractivity contribution in [2.75, 3.05) is 11.1 Å². The van der Waals surface area contributed by atoms with Crippen LogP contribution in [0.25, 0.3) is 11.3 Å². The van der Waals surface area contributed by atoms with Crippen LogP contribution >= 0.6 is 0 Å². The summed E-state index contributed by atoms with van der Waals surface area (Å²) in [7, 11) is 0. The molecule has 7 nitrogen and oxygen atoms in total. The molecule has 0 saturated heterocycles. The lowest BCUT2D eigenvalue weighted by atomic mass is 9.98. The van der Waals surface area contributed by atoms with E-state index in [9.17, 15) is 9.59 Å². The summed E-state index contributed by atoms with van der Waals surface area (Å²) in [6.45, 7) is 6.11. The van der Waals surface area contributed by atoms with Gasteiger partial charge < -0.3 is 16.8 Å². The molecule has 1 fully saturated rings. The highest BCUT2D eigenvalue weighted by Gasteiger charge is 2.38. The second-order valence-electron chi connectivity index (χ2n) is 9.07. The number of nitrogens with one attached hydrogen (secondary N) is 1. The van der Waals surface area contributed by atoms with Gasteiger partial charge in [-0.1, -0.05) is 43.3 Å². The molecule has 2 aromatic carbocycles. The molecule has 2 amide bonds. The molecule has 1 aliphatic carbocycles. The van der Waals surface area contributed by atoms with Crippen LogP contribution in [0.3, 0.4) is 0 Å². The third-order valence-corrected chi connectivity index (χ3v) is 6.12. The van der Waals surface area contributed by atoms with Crippen LogP contribution in [0.4, 0.5) is 11.5 Å². The fourth-order valence-electron chi connectivity index (χ4n) is 3.91. The zero-order valence-corrected chi connectivity index (χ0v) is 18.7. The molecular weight excluding hydrogens is 402 g/mol. The maximum Gasteiger partial charge on any atom is 0.254 e. The highest BCUT2D eigenvalue weighted by Crippen LogP contribution is 2.47. The number of amides is 2. The molecule has 166 valence electrons. The van der Waals surface area contributed by atoms with Crippen LogP contribution in [0.2, 0.25) is 0 Å². The van der Waals surface area contributed by atoms with Crippen molar-refractivity contribution in [3.63, 3.8) is 0 Å². The molecule has 1 saturated carbocycles. The molecule has 0 bridgehead atoms. The van der Waals surface area contributed by atoms with Crippen LogP contribution in [0.5, 0.6) is 0 Å². The van der Waals surface area contributed by atoms with Crippen molar-refractivity contribution in [1.29, 1.82) is 0 Å². The summed E-state index contributed by atoms with van der Waals surface area (Å²) in [5.74, 6) is -0.439. The summed E-state index contributed by atoms with van der Waals surface area (Å²) in [6, 6.07) is 15.4. The fraction of sp³-hybridized carbons (Fsp3) is 0.320. The van der Waals surface area contributed by atoms with Crippen LogP contribution in [0, 0.1) is 0 Å². The minimum Gasteiger partial charge on any atom is -0.383 e. The Kier molecular flexibility index (Phi) is 5.50. The van der Waals surface area contributed by atoms with Crippen LogP contribution in [0.15, 0.2) is 48.5 Å². The SMILES string of the molecule is CC(C)n1nc(-c2ccc(CC(=O)Nc3cccc(C4(C)CC4)c3)cc2)c(C(N)=O)c1N. The Bertz CT molecular complexity index is 1170. The predicted molar refractivity (Wildman–Crippen MR) is 126 cm³/mol. The van der Waals surface area contributed by atoms with E-state index in [0.29, 0.717) is 5.69 Å². The van der Waals surface area contributed by atoms with E-state index in [1.807, 2.05) is 50.2 Å². The van der Waals surface area contributed by atoms with Crippen LogP contribution in [-0.2, 0) is 16.6 Å². The van der Waals surface area contributed by atoms with Gasteiger partial charge in [0.15, 0.2) is 0 Å². The van der Waals surface area contributed by atoms with Gasteiger partial charge in [0.05, 0.1) is 6.42 Å². The minimum atomic E-state index is -0.616. The number of nitrogens with zero attached hydrogens (tertiary/aromatic N) is 2. The van der Waals surface area contributed by atoms with Gasteiger partial charge in [0.25, 0.3) is 5.91 Å². The van der Waals surface area contributed by atoms with Gasteiger partial charge in [-0.2, -0.15) is 5.10 Å². The summed E-state index contributed by atoms with van der Waals surface area (Å²) in [6.07, 6.45) is 2.62. The number of anilines is 2. The smallest absolute Gasteiger partial charge is 0.254 e. The van der Waals surface area contributed by atoms with Gasteiger partial charge in [-0.3, -0.25) is 9.59 Å². The zero-order chi connectivity index (χ0) is 23.0. The quantitative estimate of drug-likeness (QED) is 0.523. The molecule has 7 heteroatoms. The number of carbonyl (C=O) groups excluding carboxylic acids is 2. The molecule has 0 aliphatic heterocycles. The fourth-order valence-corrected chi connectivity index (χ4v) is 3.91. The Hall–Kier alpha value is -3.61. The lowest BCUT2D eigenvalue weighted by molar-refractivity contribution is -0.115. The largest absolute Gasteiger partial charge is 0.383 e. The Morgan fingerprint density at radius 3 is 2.44 bits per heavy atom. The van der Waals surface area contributed by atoms with Gasteiger partial charge in [0.2, 0.25) is 5.91 Å². The first-order chi connectivity index (χ1) is 15.2. The van der Waals surface area contributed by atoms with Crippen LogP contribution in [0.1, 0.15) is 61.1 Å². The van der Waals surface area contributed by atoms with Gasteiger partial charge in [-0.15, -0.1) is 0 Å². The topological polar surface area (TPSA) is 116 Å². The molecule has 0 spiro atoms. The molecule has 1 aliphatic rings. The molecule has 0 atom stereocenters. The Balaban J connectivity index is 1.48. The number of nitrogens with two attached hydrogens (primary N) is 2. The first-order valence-corrected chi connectivity index (χ1v) is 10.9. The summed E-state index contributed by atoms with van der Waals surface area (Å²) < 4.78 is 1.59. The predicted octanol–water partition coefficient (Wildman–Crippen LogP) is 4.04. The van der Waals surface area contributed by atoms with Gasteiger partial charge in [-0.25, -0.2) is 4.68 Å². The van der Waals surface area contributed by atoms with E-state index in [2.05, 4.69) is 29.5 Å². The van der Waals surface area contributed by atoms with Gasteiger partial charge in [0.1, 0.15) is 17.1 Å². The van der Waals surface area contributed by atoms with E-state index < -0.39 is 5.91 Å². The number of carbonyl (C=O) groups is 2. The highest BCUT2D eigenvalue weighted by atomic mass is 16.2. The number of aromatic nitrogens is 2. The van der Waals surface area contributed by atoms with Gasteiger partial charge in [-0.05, 0) is 55.4 Å². The van der Waals surface area contributed by atoms with Crippen molar-refractivity contribution in [1.82, 2.24) is 9.78 Å². The van der Waals surface area contributed by atoms with Crippen molar-refractivity contribution in [3.05, 3.63) is 65.2 Å². The first kappa shape index (κ1) is 21.6. The Morgan fingerprint density at radius 2 is 1.84 bits per heavy atom.